The molecule has 1 amide bonds. The van der Waals surface area contributed by atoms with Gasteiger partial charge in [0.25, 0.3) is 5.91 Å². The number of carbonyl (C=O) groups is 1. The molecular formula is C19H27Cl2N3OS. The van der Waals surface area contributed by atoms with Crippen LogP contribution in [0.3, 0.4) is 0 Å². The number of likely N-dealkylation sites (tertiary alicyclic amines) is 1. The monoisotopic (exact) mass is 415 g/mol. The summed E-state index contributed by atoms with van der Waals surface area (Å²) in [6, 6.07) is 10.4. The van der Waals surface area contributed by atoms with Crippen LogP contribution in [0.2, 0.25) is 0 Å². The van der Waals surface area contributed by atoms with Crippen LogP contribution in [0, 0.1) is 5.92 Å². The van der Waals surface area contributed by atoms with Gasteiger partial charge in [-0.3, -0.25) is 4.79 Å². The Morgan fingerprint density at radius 1 is 1.23 bits per heavy atom. The number of nitrogens with zero attached hydrogens (tertiary/aromatic N) is 2. The van der Waals surface area contributed by atoms with E-state index in [4.69, 9.17) is 5.73 Å². The fraction of sp³-hybridized carbons (Fsp3) is 0.474. The van der Waals surface area contributed by atoms with Crippen molar-refractivity contribution in [1.29, 1.82) is 0 Å². The SMILES string of the molecule is CC(C)(C)c1ncc(C(=O)N2C[C@@H](CN)[C@H](c3ccccc3)C2)s1.Cl.Cl. The maximum absolute atomic E-state index is 12.9. The highest BCUT2D eigenvalue weighted by Gasteiger charge is 2.36. The Labute approximate surface area is 172 Å². The van der Waals surface area contributed by atoms with Crippen LogP contribution in [0.1, 0.15) is 46.9 Å². The van der Waals surface area contributed by atoms with Crippen LogP contribution in [0.15, 0.2) is 36.5 Å². The normalized spacial score (nSPS) is 19.6. The van der Waals surface area contributed by atoms with E-state index in [1.165, 1.54) is 16.9 Å². The van der Waals surface area contributed by atoms with E-state index >= 15 is 0 Å². The fourth-order valence-corrected chi connectivity index (χ4v) is 4.17. The second-order valence-electron chi connectivity index (χ2n) is 7.50. The van der Waals surface area contributed by atoms with Gasteiger partial charge in [0.1, 0.15) is 4.88 Å². The predicted octanol–water partition coefficient (Wildman–Crippen LogP) is 4.10. The molecule has 2 aromatic rings. The van der Waals surface area contributed by atoms with Gasteiger partial charge in [-0.15, -0.1) is 36.2 Å². The minimum Gasteiger partial charge on any atom is -0.337 e. The number of halogens is 2. The van der Waals surface area contributed by atoms with Gasteiger partial charge in [-0.05, 0) is 18.0 Å². The number of nitrogens with two attached hydrogens (primary N) is 1. The highest BCUT2D eigenvalue weighted by atomic mass is 35.5. The first-order chi connectivity index (χ1) is 11.4. The van der Waals surface area contributed by atoms with Gasteiger partial charge in [0.05, 0.1) is 11.2 Å². The molecular weight excluding hydrogens is 389 g/mol. The molecule has 26 heavy (non-hydrogen) atoms. The maximum atomic E-state index is 12.9. The zero-order valence-electron chi connectivity index (χ0n) is 15.3. The lowest BCUT2D eigenvalue weighted by molar-refractivity contribution is 0.0791. The Hall–Kier alpha value is -1.14. The fourth-order valence-electron chi connectivity index (χ4n) is 3.23. The minimum absolute atomic E-state index is 0. The lowest BCUT2D eigenvalue weighted by Crippen LogP contribution is -2.29. The van der Waals surface area contributed by atoms with Gasteiger partial charge in [-0.2, -0.15) is 0 Å². The van der Waals surface area contributed by atoms with E-state index in [0.717, 1.165) is 23.0 Å². The molecule has 0 unspecified atom stereocenters. The van der Waals surface area contributed by atoms with Crippen molar-refractivity contribution in [1.82, 2.24) is 9.88 Å². The molecule has 1 aromatic heterocycles. The first-order valence-corrected chi connectivity index (χ1v) is 9.22. The Morgan fingerprint density at radius 3 is 2.42 bits per heavy atom. The van der Waals surface area contributed by atoms with Crippen LogP contribution in [-0.4, -0.2) is 35.4 Å². The second-order valence-corrected chi connectivity index (χ2v) is 8.53. The number of aromatic nitrogens is 1. The molecule has 0 bridgehead atoms. The highest BCUT2D eigenvalue weighted by molar-refractivity contribution is 7.13. The van der Waals surface area contributed by atoms with Crippen LogP contribution in [-0.2, 0) is 5.41 Å². The molecule has 1 aromatic carbocycles. The van der Waals surface area contributed by atoms with Crippen molar-refractivity contribution < 1.29 is 4.79 Å². The lowest BCUT2D eigenvalue weighted by Gasteiger charge is -2.16. The third-order valence-corrected chi connectivity index (χ3v) is 6.03. The molecule has 2 heterocycles. The van der Waals surface area contributed by atoms with Crippen LogP contribution in [0.5, 0.6) is 0 Å². The van der Waals surface area contributed by atoms with Crippen molar-refractivity contribution in [2.75, 3.05) is 19.6 Å². The van der Waals surface area contributed by atoms with Gasteiger partial charge in [-0.1, -0.05) is 51.1 Å². The van der Waals surface area contributed by atoms with Crippen LogP contribution < -0.4 is 5.73 Å². The molecule has 1 fully saturated rings. The molecule has 0 spiro atoms. The van der Waals surface area contributed by atoms with E-state index in [2.05, 4.69) is 37.9 Å². The van der Waals surface area contributed by atoms with Crippen molar-refractivity contribution in [2.24, 2.45) is 11.7 Å². The number of rotatable bonds is 3. The third kappa shape index (κ3) is 4.77. The van der Waals surface area contributed by atoms with Crippen LogP contribution in [0.4, 0.5) is 0 Å². The number of thiazole rings is 1. The van der Waals surface area contributed by atoms with E-state index in [0.29, 0.717) is 18.4 Å². The van der Waals surface area contributed by atoms with Crippen molar-refractivity contribution in [3.63, 3.8) is 0 Å². The number of benzene rings is 1. The molecule has 144 valence electrons. The van der Waals surface area contributed by atoms with E-state index in [1.807, 2.05) is 23.1 Å². The van der Waals surface area contributed by atoms with Crippen molar-refractivity contribution in [3.8, 4) is 0 Å². The lowest BCUT2D eigenvalue weighted by atomic mass is 9.89. The summed E-state index contributed by atoms with van der Waals surface area (Å²) in [6.45, 7) is 8.40. The molecule has 1 saturated heterocycles. The zero-order valence-corrected chi connectivity index (χ0v) is 17.8. The van der Waals surface area contributed by atoms with Crippen LogP contribution >= 0.6 is 36.2 Å². The van der Waals surface area contributed by atoms with Gasteiger partial charge in [-0.25, -0.2) is 4.98 Å². The van der Waals surface area contributed by atoms with E-state index in [1.54, 1.807) is 6.20 Å². The third-order valence-electron chi connectivity index (χ3n) is 4.62. The van der Waals surface area contributed by atoms with E-state index < -0.39 is 0 Å². The number of hydrogen-bond acceptors (Lipinski definition) is 4. The highest BCUT2D eigenvalue weighted by Crippen LogP contribution is 2.34. The standard InChI is InChI=1S/C19H25N3OS.2ClH/c1-19(2,3)18-21-10-16(24-18)17(23)22-11-14(9-20)15(12-22)13-7-5-4-6-8-13;;/h4-8,10,14-15H,9,11-12,20H2,1-3H3;2*1H/t14-,15+;;/m1../s1. The summed E-state index contributed by atoms with van der Waals surface area (Å²) in [6.07, 6.45) is 1.72. The van der Waals surface area contributed by atoms with E-state index in [9.17, 15) is 4.79 Å². The summed E-state index contributed by atoms with van der Waals surface area (Å²) in [5, 5.41) is 1.00. The van der Waals surface area contributed by atoms with Gasteiger partial charge in [0.2, 0.25) is 0 Å². The van der Waals surface area contributed by atoms with Crippen molar-refractivity contribution in [3.05, 3.63) is 52.0 Å². The van der Waals surface area contributed by atoms with E-state index in [-0.39, 0.29) is 36.1 Å². The molecule has 2 atom stereocenters. The summed E-state index contributed by atoms with van der Waals surface area (Å²) in [4.78, 5) is 20.0. The zero-order chi connectivity index (χ0) is 17.3. The molecule has 4 nitrogen and oxygen atoms in total. The maximum Gasteiger partial charge on any atom is 0.265 e. The summed E-state index contributed by atoms with van der Waals surface area (Å²) in [7, 11) is 0. The molecule has 0 radical (unpaired) electrons. The summed E-state index contributed by atoms with van der Waals surface area (Å²) in [5.74, 6) is 0.710. The molecule has 1 aliphatic heterocycles. The Kier molecular flexibility index (Phi) is 8.08. The van der Waals surface area contributed by atoms with Gasteiger partial charge < -0.3 is 10.6 Å². The number of hydrogen-bond donors (Lipinski definition) is 1. The topological polar surface area (TPSA) is 59.2 Å². The Morgan fingerprint density at radius 2 is 1.88 bits per heavy atom. The first-order valence-electron chi connectivity index (χ1n) is 8.40. The Bertz CT molecular complexity index is 715. The quantitative estimate of drug-likeness (QED) is 0.820. The summed E-state index contributed by atoms with van der Waals surface area (Å²) >= 11 is 1.51. The van der Waals surface area contributed by atoms with Crippen molar-refractivity contribution in [2.45, 2.75) is 32.1 Å². The predicted molar refractivity (Wildman–Crippen MR) is 113 cm³/mol. The first kappa shape index (κ1) is 22.9. The molecule has 1 aliphatic rings. The van der Waals surface area contributed by atoms with Gasteiger partial charge in [0, 0.05) is 24.4 Å². The summed E-state index contributed by atoms with van der Waals surface area (Å²) < 4.78 is 0. The Balaban J connectivity index is 0.00000169. The minimum atomic E-state index is -0.0272. The molecule has 0 aliphatic carbocycles. The number of amides is 1. The van der Waals surface area contributed by atoms with Crippen molar-refractivity contribution >= 4 is 42.1 Å². The summed E-state index contributed by atoms with van der Waals surface area (Å²) in [5.41, 5.74) is 7.22. The molecule has 7 heteroatoms. The second kappa shape index (κ2) is 9.18. The average Bonchev–Trinajstić information content (AvgIpc) is 3.22. The molecule has 3 rings (SSSR count). The number of carbonyl (C=O) groups excluding carboxylic acids is 1. The average molecular weight is 416 g/mol. The van der Waals surface area contributed by atoms with Gasteiger partial charge in [0.15, 0.2) is 0 Å². The van der Waals surface area contributed by atoms with Crippen LogP contribution in [0.25, 0.3) is 0 Å². The molecule has 2 N–H and O–H groups in total. The smallest absolute Gasteiger partial charge is 0.265 e. The largest absolute Gasteiger partial charge is 0.337 e. The molecule has 0 saturated carbocycles. The van der Waals surface area contributed by atoms with Gasteiger partial charge >= 0.3 is 0 Å².